The third-order valence-electron chi connectivity index (χ3n) is 2.58. The number of ketones is 1. The second-order valence-corrected chi connectivity index (χ2v) is 4.21. The molecule has 20 heavy (non-hydrogen) atoms. The van der Waals surface area contributed by atoms with Crippen LogP contribution in [-0.4, -0.2) is 28.8 Å². The molecule has 0 heterocycles. The highest BCUT2D eigenvalue weighted by Crippen LogP contribution is 2.12. The zero-order valence-electron chi connectivity index (χ0n) is 10.7. The number of benzene rings is 1. The van der Waals surface area contributed by atoms with Crippen LogP contribution in [0, 0.1) is 11.6 Å². The predicted octanol–water partition coefficient (Wildman–Crippen LogP) is 1.52. The Hall–Kier alpha value is -2.31. The molecule has 0 radical (unpaired) electrons. The quantitative estimate of drug-likeness (QED) is 0.830. The maximum Gasteiger partial charge on any atom is 0.326 e. The Morgan fingerprint density at radius 3 is 2.50 bits per heavy atom. The molecule has 1 amide bonds. The van der Waals surface area contributed by atoms with Crippen molar-refractivity contribution in [2.45, 2.75) is 25.8 Å². The number of nitrogens with one attached hydrogen (secondary N) is 1. The number of amides is 1. The largest absolute Gasteiger partial charge is 0.480 e. The summed E-state index contributed by atoms with van der Waals surface area (Å²) >= 11 is 0. The molecular weight excluding hydrogens is 272 g/mol. The minimum absolute atomic E-state index is 0.0388. The highest BCUT2D eigenvalue weighted by atomic mass is 19.2. The lowest BCUT2D eigenvalue weighted by Gasteiger charge is -2.14. The van der Waals surface area contributed by atoms with Gasteiger partial charge in [0.15, 0.2) is 11.6 Å². The average Bonchev–Trinajstić information content (AvgIpc) is 2.36. The van der Waals surface area contributed by atoms with E-state index in [2.05, 4.69) is 5.32 Å². The van der Waals surface area contributed by atoms with Crippen LogP contribution >= 0.6 is 0 Å². The molecule has 2 N–H and O–H groups in total. The number of hydrogen-bond donors (Lipinski definition) is 2. The molecule has 0 saturated heterocycles. The summed E-state index contributed by atoms with van der Waals surface area (Å²) in [6.07, 6.45) is -0.157. The molecule has 1 aromatic rings. The van der Waals surface area contributed by atoms with Crippen LogP contribution in [0.5, 0.6) is 0 Å². The lowest BCUT2D eigenvalue weighted by Crippen LogP contribution is -2.41. The van der Waals surface area contributed by atoms with Gasteiger partial charge in [-0.3, -0.25) is 4.79 Å². The van der Waals surface area contributed by atoms with E-state index in [1.807, 2.05) is 0 Å². The molecule has 0 aliphatic heterocycles. The van der Waals surface area contributed by atoms with Gasteiger partial charge in [0.2, 0.25) is 0 Å². The van der Waals surface area contributed by atoms with Gasteiger partial charge in [-0.25, -0.2) is 13.6 Å². The monoisotopic (exact) mass is 285 g/mol. The number of carboxylic acid groups (broad SMARTS) is 1. The van der Waals surface area contributed by atoms with Gasteiger partial charge < -0.3 is 15.2 Å². The van der Waals surface area contributed by atoms with Crippen molar-refractivity contribution in [3.8, 4) is 0 Å². The number of Topliss-reactive ketones (excluding diaryl/α,β-unsaturated/α-hetero) is 1. The van der Waals surface area contributed by atoms with E-state index >= 15 is 0 Å². The number of carbonyl (C=O) groups excluding carboxylic acids is 2. The zero-order valence-corrected chi connectivity index (χ0v) is 10.7. The lowest BCUT2D eigenvalue weighted by atomic mass is 10.1. The van der Waals surface area contributed by atoms with Crippen LogP contribution in [0.2, 0.25) is 0 Å². The topological polar surface area (TPSA) is 83.5 Å². The molecule has 5 nitrogen and oxygen atoms in total. The molecule has 0 unspecified atom stereocenters. The Morgan fingerprint density at radius 2 is 1.95 bits per heavy atom. The van der Waals surface area contributed by atoms with Gasteiger partial charge in [-0.1, -0.05) is 6.07 Å². The van der Waals surface area contributed by atoms with Crippen molar-refractivity contribution < 1.29 is 28.3 Å². The number of carbonyl (C=O) groups is 3. The molecular formula is C13H13F2NO4. The summed E-state index contributed by atoms with van der Waals surface area (Å²) in [5.41, 5.74) is -0.584. The Kier molecular flexibility index (Phi) is 5.31. The molecule has 0 fully saturated rings. The van der Waals surface area contributed by atoms with Crippen LogP contribution in [0.3, 0.4) is 0 Å². The van der Waals surface area contributed by atoms with Crippen molar-refractivity contribution in [1.82, 2.24) is 5.32 Å². The molecule has 0 bridgehead atoms. The summed E-state index contributed by atoms with van der Waals surface area (Å²) in [6.45, 7) is 1.28. The van der Waals surface area contributed by atoms with E-state index < -0.39 is 35.1 Å². The maximum atomic E-state index is 13.4. The van der Waals surface area contributed by atoms with Crippen molar-refractivity contribution >= 4 is 17.7 Å². The number of carboxylic acids is 1. The second kappa shape index (κ2) is 6.74. The zero-order chi connectivity index (χ0) is 15.3. The highest BCUT2D eigenvalue weighted by molar-refractivity contribution is 5.96. The van der Waals surface area contributed by atoms with E-state index in [1.54, 1.807) is 0 Å². The third-order valence-corrected chi connectivity index (χ3v) is 2.58. The van der Waals surface area contributed by atoms with Crippen LogP contribution in [0.1, 0.15) is 30.1 Å². The van der Waals surface area contributed by atoms with E-state index in [0.717, 1.165) is 18.2 Å². The SMILES string of the molecule is CC(=O)CC[C@H](NC(=O)c1cccc(F)c1F)C(=O)O. The Labute approximate surface area is 113 Å². The average molecular weight is 285 g/mol. The van der Waals surface area contributed by atoms with Crippen LogP contribution in [-0.2, 0) is 9.59 Å². The van der Waals surface area contributed by atoms with Crippen molar-refractivity contribution in [2.24, 2.45) is 0 Å². The number of aliphatic carboxylic acids is 1. The van der Waals surface area contributed by atoms with Gasteiger partial charge in [0.25, 0.3) is 5.91 Å². The van der Waals surface area contributed by atoms with E-state index in [0.29, 0.717) is 0 Å². The van der Waals surface area contributed by atoms with Crippen LogP contribution in [0.25, 0.3) is 0 Å². The molecule has 0 aromatic heterocycles. The van der Waals surface area contributed by atoms with Gasteiger partial charge in [-0.15, -0.1) is 0 Å². The molecule has 0 spiro atoms. The first-order chi connectivity index (χ1) is 9.32. The molecule has 0 aliphatic rings. The fourth-order valence-corrected chi connectivity index (χ4v) is 1.52. The summed E-state index contributed by atoms with van der Waals surface area (Å²) in [4.78, 5) is 33.5. The molecule has 1 atom stereocenters. The summed E-state index contributed by atoms with van der Waals surface area (Å²) < 4.78 is 26.4. The first kappa shape index (κ1) is 15.7. The smallest absolute Gasteiger partial charge is 0.326 e. The van der Waals surface area contributed by atoms with E-state index in [9.17, 15) is 23.2 Å². The van der Waals surface area contributed by atoms with E-state index in [-0.39, 0.29) is 18.6 Å². The van der Waals surface area contributed by atoms with Gasteiger partial charge in [-0.2, -0.15) is 0 Å². The van der Waals surface area contributed by atoms with Gasteiger partial charge in [0.05, 0.1) is 5.56 Å². The number of hydrogen-bond acceptors (Lipinski definition) is 3. The fraction of sp³-hybridized carbons (Fsp3) is 0.308. The Morgan fingerprint density at radius 1 is 1.30 bits per heavy atom. The molecule has 108 valence electrons. The van der Waals surface area contributed by atoms with Crippen LogP contribution < -0.4 is 5.32 Å². The van der Waals surface area contributed by atoms with Crippen molar-refractivity contribution in [3.63, 3.8) is 0 Å². The highest BCUT2D eigenvalue weighted by Gasteiger charge is 2.23. The maximum absolute atomic E-state index is 13.4. The summed E-state index contributed by atoms with van der Waals surface area (Å²) in [6, 6.07) is 1.68. The molecule has 0 saturated carbocycles. The van der Waals surface area contributed by atoms with Crippen molar-refractivity contribution in [3.05, 3.63) is 35.4 Å². The summed E-state index contributed by atoms with van der Waals surface area (Å²) in [5.74, 6) is -5.18. The van der Waals surface area contributed by atoms with Gasteiger partial charge in [0, 0.05) is 6.42 Å². The Bertz CT molecular complexity index is 545. The predicted molar refractivity (Wildman–Crippen MR) is 65.2 cm³/mol. The van der Waals surface area contributed by atoms with Gasteiger partial charge in [-0.05, 0) is 25.5 Å². The van der Waals surface area contributed by atoms with Crippen molar-refractivity contribution in [2.75, 3.05) is 0 Å². The lowest BCUT2D eigenvalue weighted by molar-refractivity contribution is -0.139. The standard InChI is InChI=1S/C13H13F2NO4/c1-7(17)5-6-10(13(19)20)16-12(18)8-3-2-4-9(14)11(8)15/h2-4,10H,5-6H2,1H3,(H,16,18)(H,19,20)/t10-/m0/s1. The number of halogens is 2. The van der Waals surface area contributed by atoms with Crippen LogP contribution in [0.4, 0.5) is 8.78 Å². The third kappa shape index (κ3) is 4.11. The summed E-state index contributed by atoms with van der Waals surface area (Å²) in [5, 5.41) is 11.0. The first-order valence-corrected chi connectivity index (χ1v) is 5.80. The van der Waals surface area contributed by atoms with Gasteiger partial charge in [0.1, 0.15) is 11.8 Å². The normalized spacial score (nSPS) is 11.8. The van der Waals surface area contributed by atoms with E-state index in [4.69, 9.17) is 5.11 Å². The molecule has 1 rings (SSSR count). The minimum atomic E-state index is -1.35. The second-order valence-electron chi connectivity index (χ2n) is 4.21. The van der Waals surface area contributed by atoms with Crippen LogP contribution in [0.15, 0.2) is 18.2 Å². The molecule has 1 aromatic carbocycles. The molecule has 7 heteroatoms. The minimum Gasteiger partial charge on any atom is -0.480 e. The molecule has 0 aliphatic carbocycles. The van der Waals surface area contributed by atoms with E-state index in [1.165, 1.54) is 6.92 Å². The van der Waals surface area contributed by atoms with Gasteiger partial charge >= 0.3 is 5.97 Å². The summed E-state index contributed by atoms with van der Waals surface area (Å²) in [7, 11) is 0. The fourth-order valence-electron chi connectivity index (χ4n) is 1.52. The first-order valence-electron chi connectivity index (χ1n) is 5.80. The number of rotatable bonds is 6. The van der Waals surface area contributed by atoms with Crippen molar-refractivity contribution in [1.29, 1.82) is 0 Å². The Balaban J connectivity index is 2.83.